The van der Waals surface area contributed by atoms with Gasteiger partial charge in [0.25, 0.3) is 11.6 Å². The van der Waals surface area contributed by atoms with Crippen LogP contribution in [0, 0.1) is 21.4 Å². The average Bonchev–Trinajstić information content (AvgIpc) is 3.06. The number of ether oxygens (including phenoxy) is 2. The second-order valence-corrected chi connectivity index (χ2v) is 10.7. The van der Waals surface area contributed by atoms with Gasteiger partial charge in [-0.3, -0.25) is 14.9 Å². The Hall–Kier alpha value is -5.71. The second-order valence-electron chi connectivity index (χ2n) is 10.3. The van der Waals surface area contributed by atoms with E-state index in [1.54, 1.807) is 31.4 Å². The molecule has 46 heavy (non-hydrogen) atoms. The lowest BCUT2D eigenvalue weighted by Gasteiger charge is -2.34. The molecule has 0 unspecified atom stereocenters. The first-order valence-electron chi connectivity index (χ1n) is 14.1. The Kier molecular flexibility index (Phi) is 9.91. The van der Waals surface area contributed by atoms with Crippen LogP contribution in [0.5, 0.6) is 17.4 Å². The molecule has 4 aromatic rings. The van der Waals surface area contributed by atoms with E-state index in [0.717, 1.165) is 31.9 Å². The molecular formula is C32H29ClN8O5. The molecule has 1 aliphatic heterocycles. The van der Waals surface area contributed by atoms with Crippen LogP contribution in [0.1, 0.15) is 5.56 Å². The van der Waals surface area contributed by atoms with Crippen molar-refractivity contribution >= 4 is 52.3 Å². The van der Waals surface area contributed by atoms with Gasteiger partial charge in [-0.05, 0) is 43.0 Å². The van der Waals surface area contributed by atoms with E-state index in [-0.39, 0.29) is 28.1 Å². The molecule has 5 rings (SSSR count). The summed E-state index contributed by atoms with van der Waals surface area (Å²) in [4.78, 5) is 36.6. The molecule has 1 aromatic heterocycles. The fourth-order valence-corrected chi connectivity index (χ4v) is 4.77. The van der Waals surface area contributed by atoms with Crippen molar-refractivity contribution in [2.45, 2.75) is 0 Å². The molecule has 2 N–H and O–H groups in total. The summed E-state index contributed by atoms with van der Waals surface area (Å²) in [5.41, 5.74) is 1.99. The first-order valence-corrected chi connectivity index (χ1v) is 14.5. The lowest BCUT2D eigenvalue weighted by molar-refractivity contribution is -0.384. The van der Waals surface area contributed by atoms with Crippen LogP contribution in [0.3, 0.4) is 0 Å². The minimum absolute atomic E-state index is 0.0685. The zero-order valence-corrected chi connectivity index (χ0v) is 25.7. The molecule has 13 nitrogen and oxygen atoms in total. The molecule has 2 heterocycles. The molecule has 0 spiro atoms. The molecule has 0 atom stereocenters. The summed E-state index contributed by atoms with van der Waals surface area (Å²) in [7, 11) is 3.71. The van der Waals surface area contributed by atoms with Crippen molar-refractivity contribution in [2.24, 2.45) is 0 Å². The number of piperazine rings is 1. The Morgan fingerprint density at radius 3 is 2.63 bits per heavy atom. The normalized spacial score (nSPS) is 13.4. The molecule has 0 aliphatic carbocycles. The number of nitriles is 1. The maximum atomic E-state index is 12.8. The topological polar surface area (TPSA) is 159 Å². The van der Waals surface area contributed by atoms with Crippen molar-refractivity contribution in [3.05, 3.63) is 99.2 Å². The van der Waals surface area contributed by atoms with Gasteiger partial charge in [0.2, 0.25) is 11.8 Å². The van der Waals surface area contributed by atoms with Gasteiger partial charge in [-0.25, -0.2) is 4.98 Å². The lowest BCUT2D eigenvalue weighted by Crippen LogP contribution is -2.44. The van der Waals surface area contributed by atoms with Gasteiger partial charge in [0.05, 0.1) is 23.9 Å². The highest BCUT2D eigenvalue weighted by atomic mass is 35.5. The van der Waals surface area contributed by atoms with Crippen LogP contribution in [0.2, 0.25) is 5.02 Å². The summed E-state index contributed by atoms with van der Waals surface area (Å²) >= 11 is 6.35. The van der Waals surface area contributed by atoms with Crippen LogP contribution in [-0.4, -0.2) is 66.0 Å². The summed E-state index contributed by atoms with van der Waals surface area (Å²) in [6.45, 7) is 3.82. The number of non-ortho nitro benzene ring substituents is 1. The highest BCUT2D eigenvalue weighted by molar-refractivity contribution is 6.31. The SMILES string of the molecule is COc1cc(N2CCN(C)CC2)ccc1Nc1ncc(Cl)c(Oc2cccc(NC(=O)/C(C#N)=C/c3cccc([N+](=O)[O-])c3)c2)n1. The van der Waals surface area contributed by atoms with Crippen molar-refractivity contribution < 1.29 is 19.2 Å². The molecule has 14 heteroatoms. The quantitative estimate of drug-likeness (QED) is 0.0922. The second kappa shape index (κ2) is 14.4. The molecule has 1 aliphatic rings. The Labute approximate surface area is 269 Å². The number of methoxy groups -OCH3 is 1. The Morgan fingerprint density at radius 2 is 1.89 bits per heavy atom. The Bertz CT molecular complexity index is 1840. The van der Waals surface area contributed by atoms with E-state index in [0.29, 0.717) is 28.4 Å². The van der Waals surface area contributed by atoms with E-state index in [9.17, 15) is 20.2 Å². The molecule has 0 bridgehead atoms. The first kappa shape index (κ1) is 31.7. The van der Waals surface area contributed by atoms with Crippen LogP contribution in [0.4, 0.5) is 28.7 Å². The first-order chi connectivity index (χ1) is 22.2. The third-order valence-electron chi connectivity index (χ3n) is 7.08. The van der Waals surface area contributed by atoms with Gasteiger partial charge in [-0.2, -0.15) is 10.2 Å². The Balaban J connectivity index is 1.28. The molecule has 0 radical (unpaired) electrons. The molecule has 0 saturated carbocycles. The lowest BCUT2D eigenvalue weighted by atomic mass is 10.1. The smallest absolute Gasteiger partial charge is 0.270 e. The van der Waals surface area contributed by atoms with Gasteiger partial charge in [0.15, 0.2) is 0 Å². The zero-order chi connectivity index (χ0) is 32.6. The number of amides is 1. The maximum Gasteiger partial charge on any atom is 0.270 e. The number of nitrogens with one attached hydrogen (secondary N) is 2. The van der Waals surface area contributed by atoms with Crippen molar-refractivity contribution in [1.29, 1.82) is 5.26 Å². The number of hydrogen-bond donors (Lipinski definition) is 2. The van der Waals surface area contributed by atoms with E-state index in [1.807, 2.05) is 24.3 Å². The van der Waals surface area contributed by atoms with Crippen molar-refractivity contribution in [1.82, 2.24) is 14.9 Å². The van der Waals surface area contributed by atoms with Crippen LogP contribution in [0.25, 0.3) is 6.08 Å². The number of nitro benzene ring substituents is 1. The number of carbonyl (C=O) groups is 1. The number of rotatable bonds is 10. The number of nitrogens with zero attached hydrogens (tertiary/aromatic N) is 6. The third kappa shape index (κ3) is 7.86. The number of carbonyl (C=O) groups excluding carboxylic acids is 1. The zero-order valence-electron chi connectivity index (χ0n) is 24.9. The van der Waals surface area contributed by atoms with Crippen LogP contribution >= 0.6 is 11.6 Å². The van der Waals surface area contributed by atoms with Crippen molar-refractivity contribution in [3.8, 4) is 23.4 Å². The summed E-state index contributed by atoms with van der Waals surface area (Å²) in [5, 5.41) is 26.6. The molecular weight excluding hydrogens is 612 g/mol. The fraction of sp³-hybridized carbons (Fsp3) is 0.188. The van der Waals surface area contributed by atoms with Gasteiger partial charge < -0.3 is 29.9 Å². The van der Waals surface area contributed by atoms with Gasteiger partial charge in [-0.1, -0.05) is 29.8 Å². The van der Waals surface area contributed by atoms with E-state index < -0.39 is 10.8 Å². The van der Waals surface area contributed by atoms with Gasteiger partial charge >= 0.3 is 0 Å². The predicted molar refractivity (Wildman–Crippen MR) is 175 cm³/mol. The molecule has 3 aromatic carbocycles. The van der Waals surface area contributed by atoms with Crippen LogP contribution < -0.4 is 25.0 Å². The van der Waals surface area contributed by atoms with Gasteiger partial charge in [-0.15, -0.1) is 0 Å². The molecule has 1 amide bonds. The summed E-state index contributed by atoms with van der Waals surface area (Å²) in [5.74, 6) is 0.514. The minimum Gasteiger partial charge on any atom is -0.494 e. The number of anilines is 4. The largest absolute Gasteiger partial charge is 0.494 e. The number of benzene rings is 3. The standard InChI is InChI=1S/C32H29ClN8O5/c1-39-11-13-40(14-12-39)24-9-10-28(29(18-24)45-2)37-32-35-20-27(33)31(38-32)46-26-8-4-6-23(17-26)36-30(42)22(19-34)15-21-5-3-7-25(16-21)41(43)44/h3-10,15-18,20H,11-14H2,1-2H3,(H,36,42)(H,35,37,38)/b22-15+. The van der Waals surface area contributed by atoms with Crippen LogP contribution in [0.15, 0.2) is 78.5 Å². The monoisotopic (exact) mass is 640 g/mol. The Morgan fingerprint density at radius 1 is 1.11 bits per heavy atom. The summed E-state index contributed by atoms with van der Waals surface area (Å²) < 4.78 is 11.6. The summed E-state index contributed by atoms with van der Waals surface area (Å²) in [6.07, 6.45) is 2.67. The number of hydrogen-bond acceptors (Lipinski definition) is 11. The number of likely N-dealkylation sites (N-methyl/N-ethyl adjacent to an activating group) is 1. The van der Waals surface area contributed by atoms with E-state index in [2.05, 4.69) is 37.4 Å². The molecule has 1 saturated heterocycles. The van der Waals surface area contributed by atoms with Crippen molar-refractivity contribution in [3.63, 3.8) is 0 Å². The molecule has 1 fully saturated rings. The van der Waals surface area contributed by atoms with E-state index >= 15 is 0 Å². The predicted octanol–water partition coefficient (Wildman–Crippen LogP) is 5.88. The van der Waals surface area contributed by atoms with Gasteiger partial charge in [0.1, 0.15) is 28.2 Å². The minimum atomic E-state index is -0.703. The van der Waals surface area contributed by atoms with E-state index in [4.69, 9.17) is 21.1 Å². The van der Waals surface area contributed by atoms with Crippen molar-refractivity contribution in [2.75, 3.05) is 55.9 Å². The highest BCUT2D eigenvalue weighted by Crippen LogP contribution is 2.34. The number of halogens is 1. The van der Waals surface area contributed by atoms with Crippen LogP contribution in [-0.2, 0) is 4.79 Å². The average molecular weight is 641 g/mol. The van der Waals surface area contributed by atoms with E-state index in [1.165, 1.54) is 36.5 Å². The maximum absolute atomic E-state index is 12.8. The molecule has 234 valence electrons. The third-order valence-corrected chi connectivity index (χ3v) is 7.33. The fourth-order valence-electron chi connectivity index (χ4n) is 4.64. The van der Waals surface area contributed by atoms with Gasteiger partial charge in [0, 0.05) is 61.8 Å². The number of nitro groups is 1. The summed E-state index contributed by atoms with van der Waals surface area (Å²) in [6, 6.07) is 19.8. The highest BCUT2D eigenvalue weighted by Gasteiger charge is 2.17. The number of aromatic nitrogens is 2.